The molecule has 2 nitrogen and oxygen atoms in total. The van der Waals surface area contributed by atoms with Crippen molar-refractivity contribution in [2.45, 2.75) is 60.3 Å². The van der Waals surface area contributed by atoms with Crippen LogP contribution < -0.4 is 0 Å². The minimum absolute atomic E-state index is 0.246. The summed E-state index contributed by atoms with van der Waals surface area (Å²) in [6.07, 6.45) is 5.38. The number of carboxylic acid groups (broad SMARTS) is 1. The summed E-state index contributed by atoms with van der Waals surface area (Å²) in [5.74, 6) is -0.0460. The van der Waals surface area contributed by atoms with Crippen LogP contribution in [0, 0.1) is 11.3 Å². The van der Waals surface area contributed by atoms with Gasteiger partial charge in [-0.25, -0.2) is 0 Å². The third-order valence-corrected chi connectivity index (χ3v) is 2.56. The molecule has 0 radical (unpaired) electrons. The molecule has 0 aromatic rings. The number of aliphatic carboxylic acids is 1. The van der Waals surface area contributed by atoms with Gasteiger partial charge < -0.3 is 5.11 Å². The molecule has 1 atom stereocenters. The summed E-state index contributed by atoms with van der Waals surface area (Å²) in [6, 6.07) is 0. The molecule has 0 fully saturated rings. The minimum Gasteiger partial charge on any atom is -0.481 e. The van der Waals surface area contributed by atoms with Crippen molar-refractivity contribution >= 4 is 5.97 Å². The van der Waals surface area contributed by atoms with E-state index >= 15 is 0 Å². The molecule has 1 unspecified atom stereocenters. The molecule has 0 aliphatic carbocycles. The maximum atomic E-state index is 10.4. The van der Waals surface area contributed by atoms with Crippen molar-refractivity contribution in [1.29, 1.82) is 0 Å². The number of rotatable bonds is 6. The average molecular weight is 226 g/mol. The van der Waals surface area contributed by atoms with E-state index < -0.39 is 5.97 Å². The van der Waals surface area contributed by atoms with Crippen LogP contribution >= 0.6 is 0 Å². The molecule has 94 valence electrons. The predicted octanol–water partition coefficient (Wildman–Crippen LogP) is 4.26. The van der Waals surface area contributed by atoms with Gasteiger partial charge in [-0.2, -0.15) is 0 Å². The van der Waals surface area contributed by atoms with Crippen LogP contribution in [-0.2, 0) is 4.79 Å². The monoisotopic (exact) mass is 226 g/mol. The Labute approximate surface area is 99.7 Å². The third kappa shape index (κ3) is 9.75. The second-order valence-electron chi connectivity index (χ2n) is 6.05. The smallest absolute Gasteiger partial charge is 0.303 e. The maximum absolute atomic E-state index is 10.4. The average Bonchev–Trinajstić information content (AvgIpc) is 2.08. The van der Waals surface area contributed by atoms with Crippen molar-refractivity contribution < 1.29 is 9.90 Å². The standard InChI is InChI=1S/C14H26O2/c1-11(8-9-13(15)16)6-7-12(2)10-14(3,4)5/h6,12H,7-10H2,1-5H3,(H,15,16)/b11-6+. The summed E-state index contributed by atoms with van der Waals surface area (Å²) in [5, 5.41) is 8.57. The second kappa shape index (κ2) is 6.72. The van der Waals surface area contributed by atoms with Crippen LogP contribution in [0.1, 0.15) is 60.3 Å². The van der Waals surface area contributed by atoms with Crippen LogP contribution in [0.5, 0.6) is 0 Å². The van der Waals surface area contributed by atoms with Crippen LogP contribution in [0.2, 0.25) is 0 Å². The van der Waals surface area contributed by atoms with Gasteiger partial charge in [-0.1, -0.05) is 39.3 Å². The van der Waals surface area contributed by atoms with Crippen molar-refractivity contribution in [2.75, 3.05) is 0 Å². The number of hydrogen-bond acceptors (Lipinski definition) is 1. The summed E-state index contributed by atoms with van der Waals surface area (Å²) in [5.41, 5.74) is 1.57. The SMILES string of the molecule is C/C(=C\CC(C)CC(C)(C)C)CCC(=O)O. The first-order chi connectivity index (χ1) is 7.20. The van der Waals surface area contributed by atoms with Crippen LogP contribution in [0.25, 0.3) is 0 Å². The van der Waals surface area contributed by atoms with Gasteiger partial charge in [-0.05, 0) is 37.5 Å². The van der Waals surface area contributed by atoms with Gasteiger partial charge >= 0.3 is 5.97 Å². The molecular formula is C14H26O2. The van der Waals surface area contributed by atoms with Crippen molar-refractivity contribution in [1.82, 2.24) is 0 Å². The molecule has 0 aromatic carbocycles. The van der Waals surface area contributed by atoms with E-state index in [0.717, 1.165) is 6.42 Å². The van der Waals surface area contributed by atoms with Crippen molar-refractivity contribution in [2.24, 2.45) is 11.3 Å². The number of hydrogen-bond donors (Lipinski definition) is 1. The molecule has 0 saturated carbocycles. The number of carboxylic acids is 1. The zero-order chi connectivity index (χ0) is 12.8. The van der Waals surface area contributed by atoms with Crippen LogP contribution in [-0.4, -0.2) is 11.1 Å². The van der Waals surface area contributed by atoms with Gasteiger partial charge in [0.05, 0.1) is 0 Å². The van der Waals surface area contributed by atoms with Crippen molar-refractivity contribution in [3.05, 3.63) is 11.6 Å². The molecular weight excluding hydrogens is 200 g/mol. The van der Waals surface area contributed by atoms with Gasteiger partial charge in [0, 0.05) is 6.42 Å². The van der Waals surface area contributed by atoms with E-state index in [0.29, 0.717) is 17.8 Å². The summed E-state index contributed by atoms with van der Waals surface area (Å²) in [7, 11) is 0. The van der Waals surface area contributed by atoms with Crippen molar-refractivity contribution in [3.8, 4) is 0 Å². The second-order valence-corrected chi connectivity index (χ2v) is 6.05. The lowest BCUT2D eigenvalue weighted by molar-refractivity contribution is -0.136. The fourth-order valence-electron chi connectivity index (χ4n) is 1.94. The third-order valence-electron chi connectivity index (χ3n) is 2.56. The molecule has 0 aliphatic heterocycles. The highest BCUT2D eigenvalue weighted by Gasteiger charge is 2.14. The fraction of sp³-hybridized carbons (Fsp3) is 0.786. The van der Waals surface area contributed by atoms with Gasteiger partial charge in [0.1, 0.15) is 0 Å². The highest BCUT2D eigenvalue weighted by Crippen LogP contribution is 2.26. The zero-order valence-electron chi connectivity index (χ0n) is 11.3. The van der Waals surface area contributed by atoms with Crippen LogP contribution in [0.15, 0.2) is 11.6 Å². The first-order valence-electron chi connectivity index (χ1n) is 6.08. The Hall–Kier alpha value is -0.790. The Morgan fingerprint density at radius 2 is 1.88 bits per heavy atom. The molecule has 0 bridgehead atoms. The Morgan fingerprint density at radius 3 is 2.31 bits per heavy atom. The maximum Gasteiger partial charge on any atom is 0.303 e. The normalized spacial score (nSPS) is 14.9. The number of carbonyl (C=O) groups is 1. The molecule has 0 rings (SSSR count). The lowest BCUT2D eigenvalue weighted by Gasteiger charge is -2.22. The van der Waals surface area contributed by atoms with Gasteiger partial charge in [0.25, 0.3) is 0 Å². The quantitative estimate of drug-likeness (QED) is 0.687. The van der Waals surface area contributed by atoms with E-state index in [2.05, 4.69) is 33.8 Å². The zero-order valence-corrected chi connectivity index (χ0v) is 11.3. The molecule has 16 heavy (non-hydrogen) atoms. The van der Waals surface area contributed by atoms with E-state index in [1.54, 1.807) is 0 Å². The lowest BCUT2D eigenvalue weighted by atomic mass is 9.84. The Balaban J connectivity index is 3.92. The Bertz CT molecular complexity index is 246. The van der Waals surface area contributed by atoms with E-state index in [-0.39, 0.29) is 6.42 Å². The summed E-state index contributed by atoms with van der Waals surface area (Å²) in [4.78, 5) is 10.4. The van der Waals surface area contributed by atoms with Crippen LogP contribution in [0.3, 0.4) is 0 Å². The molecule has 0 amide bonds. The first kappa shape index (κ1) is 15.2. The molecule has 0 spiro atoms. The largest absolute Gasteiger partial charge is 0.481 e. The summed E-state index contributed by atoms with van der Waals surface area (Å²) < 4.78 is 0. The molecule has 0 aliphatic rings. The molecule has 0 saturated heterocycles. The Kier molecular flexibility index (Phi) is 6.39. The Morgan fingerprint density at radius 1 is 1.31 bits per heavy atom. The first-order valence-corrected chi connectivity index (χ1v) is 6.08. The minimum atomic E-state index is -0.713. The molecule has 0 aromatic heterocycles. The summed E-state index contributed by atoms with van der Waals surface area (Å²) in [6.45, 7) is 11.0. The van der Waals surface area contributed by atoms with E-state index in [4.69, 9.17) is 5.11 Å². The van der Waals surface area contributed by atoms with Crippen molar-refractivity contribution in [3.63, 3.8) is 0 Å². The topological polar surface area (TPSA) is 37.3 Å². The van der Waals surface area contributed by atoms with Gasteiger partial charge in [-0.3, -0.25) is 4.79 Å². The van der Waals surface area contributed by atoms with E-state index in [1.807, 2.05) is 6.92 Å². The van der Waals surface area contributed by atoms with E-state index in [1.165, 1.54) is 12.0 Å². The predicted molar refractivity (Wildman–Crippen MR) is 68.5 cm³/mol. The lowest BCUT2D eigenvalue weighted by Crippen LogP contribution is -2.10. The van der Waals surface area contributed by atoms with Gasteiger partial charge in [0.2, 0.25) is 0 Å². The van der Waals surface area contributed by atoms with Gasteiger partial charge in [0.15, 0.2) is 0 Å². The fourth-order valence-corrected chi connectivity index (χ4v) is 1.94. The van der Waals surface area contributed by atoms with Gasteiger partial charge in [-0.15, -0.1) is 0 Å². The molecule has 2 heteroatoms. The molecule has 0 heterocycles. The number of allylic oxidation sites excluding steroid dienone is 2. The molecule has 1 N–H and O–H groups in total. The van der Waals surface area contributed by atoms with E-state index in [9.17, 15) is 4.79 Å². The summed E-state index contributed by atoms with van der Waals surface area (Å²) >= 11 is 0. The van der Waals surface area contributed by atoms with Crippen LogP contribution in [0.4, 0.5) is 0 Å². The highest BCUT2D eigenvalue weighted by molar-refractivity contribution is 5.66. The highest BCUT2D eigenvalue weighted by atomic mass is 16.4.